The molecule has 9 atom stereocenters. The number of thiazole rings is 1. The topological polar surface area (TPSA) is 345 Å². The number of carboxylic acid groups (broad SMARTS) is 1. The van der Waals surface area contributed by atoms with E-state index in [1.165, 1.54) is 29.4 Å². The molecule has 5 amide bonds. The van der Waals surface area contributed by atoms with E-state index in [-0.39, 0.29) is 72.7 Å². The number of ether oxygens (including phenoxy) is 4. The van der Waals surface area contributed by atoms with Crippen molar-refractivity contribution in [2.75, 3.05) is 25.6 Å². The van der Waals surface area contributed by atoms with Crippen LogP contribution in [0, 0.1) is 17.3 Å². The number of anilines is 1. The van der Waals surface area contributed by atoms with E-state index in [1.54, 1.807) is 58.2 Å². The Bertz CT molecular complexity index is 2790. The number of benzene rings is 1. The van der Waals surface area contributed by atoms with Gasteiger partial charge in [0.2, 0.25) is 23.5 Å². The van der Waals surface area contributed by atoms with E-state index in [4.69, 9.17) is 34.8 Å². The summed E-state index contributed by atoms with van der Waals surface area (Å²) in [5.74, 6) is -3.82. The number of carbonyl (C=O) groups excluding carboxylic acids is 6. The van der Waals surface area contributed by atoms with Crippen LogP contribution in [0.5, 0.6) is 11.5 Å². The Kier molecular flexibility index (Phi) is 19.1. The maximum Gasteiger partial charge on any atom is 1.00 e. The number of rotatable bonds is 16. The zero-order valence-electron chi connectivity index (χ0n) is 42.5. The smallest absolute Gasteiger partial charge is 0.548 e. The maximum absolute atomic E-state index is 14.6. The summed E-state index contributed by atoms with van der Waals surface area (Å²) < 4.78 is 24.7. The summed E-state index contributed by atoms with van der Waals surface area (Å²) in [6.45, 7) is 12.1. The molecule has 27 heteroatoms. The van der Waals surface area contributed by atoms with Gasteiger partial charge in [0.25, 0.3) is 5.91 Å². The van der Waals surface area contributed by atoms with Crippen LogP contribution in [0.3, 0.4) is 0 Å². The maximum atomic E-state index is 14.6. The average Bonchev–Trinajstić information content (AvgIpc) is 4.05. The SMILES string of the molecule is C=C[C@@H]1C[C@]1(NC(=O)[C@@H]1C[C@@H](Oc2cc(-c3csc(NC(=O)C(C)C)n3)nc3c(Br)c(OC)ccc23)CN1C(=O)[C@@H](NC(=O)OC1CCCC1)C(C)(C)C)C(=O)[O-].NC(=O)c1ncn([C@@H]2O[C@H](CO)[C@@H](O)[C@H]2O)n1.[Na+]. The summed E-state index contributed by atoms with van der Waals surface area (Å²) >= 11 is 4.86. The Labute approximate surface area is 465 Å². The van der Waals surface area contributed by atoms with Gasteiger partial charge < -0.3 is 70.8 Å². The van der Waals surface area contributed by atoms with Crippen molar-refractivity contribution in [1.29, 1.82) is 0 Å². The largest absolute Gasteiger partial charge is 1.00 e. The molecule has 2 saturated heterocycles. The molecule has 3 aromatic heterocycles. The summed E-state index contributed by atoms with van der Waals surface area (Å²) in [6.07, 6.45) is -0.0702. The molecule has 75 heavy (non-hydrogen) atoms. The summed E-state index contributed by atoms with van der Waals surface area (Å²) in [6, 6.07) is 2.95. The second-order valence-corrected chi connectivity index (χ2v) is 21.5. The van der Waals surface area contributed by atoms with Crippen LogP contribution in [0.1, 0.15) is 90.0 Å². The number of pyridine rings is 1. The molecule has 0 radical (unpaired) electrons. The average molecular weight is 1140 g/mol. The van der Waals surface area contributed by atoms with Gasteiger partial charge in [0.15, 0.2) is 11.4 Å². The number of aliphatic hydroxyl groups excluding tert-OH is 3. The van der Waals surface area contributed by atoms with Crippen LogP contribution in [-0.2, 0) is 28.7 Å². The predicted molar refractivity (Wildman–Crippen MR) is 266 cm³/mol. The number of carbonyl (C=O) groups is 6. The number of primary amides is 1. The number of amides is 5. The van der Waals surface area contributed by atoms with E-state index < -0.39 is 96.0 Å². The summed E-state index contributed by atoms with van der Waals surface area (Å²) in [4.78, 5) is 91.7. The van der Waals surface area contributed by atoms with Gasteiger partial charge in [-0.3, -0.25) is 19.2 Å². The number of methoxy groups -OCH3 is 1. The molecule has 2 saturated carbocycles. The zero-order chi connectivity index (χ0) is 54.0. The van der Waals surface area contributed by atoms with Gasteiger partial charge >= 0.3 is 35.7 Å². The fourth-order valence-electron chi connectivity index (χ4n) is 8.89. The Hall–Kier alpha value is -5.32. The van der Waals surface area contributed by atoms with Crippen LogP contribution in [-0.4, -0.2) is 149 Å². The Morgan fingerprint density at radius 3 is 2.36 bits per heavy atom. The first-order chi connectivity index (χ1) is 35.0. The molecule has 400 valence electrons. The molecule has 8 rings (SSSR count). The first kappa shape index (κ1) is 58.9. The summed E-state index contributed by atoms with van der Waals surface area (Å²) in [5.41, 5.74) is 3.89. The van der Waals surface area contributed by atoms with E-state index >= 15 is 0 Å². The molecule has 2 aliphatic carbocycles. The number of aromatic nitrogens is 5. The number of carboxylic acids is 1. The minimum absolute atomic E-state index is 0. The molecular weight excluding hydrogens is 1080 g/mol. The molecule has 5 heterocycles. The number of nitrogens with zero attached hydrogens (tertiary/aromatic N) is 6. The molecule has 0 bridgehead atoms. The van der Waals surface area contributed by atoms with Crippen LogP contribution in [0.4, 0.5) is 9.93 Å². The van der Waals surface area contributed by atoms with Crippen LogP contribution in [0.25, 0.3) is 22.3 Å². The Morgan fingerprint density at radius 2 is 1.79 bits per heavy atom. The number of likely N-dealkylation sites (tertiary alicyclic amines) is 1. The predicted octanol–water partition coefficient (Wildman–Crippen LogP) is -1.04. The molecule has 2 aliphatic heterocycles. The molecule has 4 aliphatic rings. The molecule has 24 nitrogen and oxygen atoms in total. The van der Waals surface area contributed by atoms with Crippen LogP contribution in [0.2, 0.25) is 0 Å². The standard InChI is InChI=1S/C40H49BrN6O9S.C8H12N4O5.Na/c1-8-21-17-40(21,36(51)52)46-34(49)27-15-23(18-47(27)35(50)32(39(4,5)6)44-38(53)56-22-11-9-10-12-22)55-29-16-25(26-19-57-37(43-26)45-33(48)20(2)3)42-31-24(29)13-14-28(54-7)30(31)41;9-6(16)7-10-2-12(11-7)8-5(15)4(14)3(1-13)17-8;/h8,13-14,16,19-23,27,32H,1,9-12,15,17-18H2,2-7H3,(H,44,53)(H,46,49)(H,51,52)(H,43,45,48);2-5,8,13-15H,1H2,(H2,9,16);/q;;+1/p-1/t21-,23-,27+,32-,40-;3-,4-,5-,8-;/m11./s1. The fourth-order valence-corrected chi connectivity index (χ4v) is 10.2. The van der Waals surface area contributed by atoms with E-state index in [9.17, 15) is 44.1 Å². The van der Waals surface area contributed by atoms with Gasteiger partial charge in [-0.1, -0.05) is 40.7 Å². The second kappa shape index (κ2) is 24.3. The van der Waals surface area contributed by atoms with Gasteiger partial charge in [0.1, 0.15) is 66.1 Å². The van der Waals surface area contributed by atoms with Gasteiger partial charge in [-0.2, -0.15) is 0 Å². The van der Waals surface area contributed by atoms with Crippen molar-refractivity contribution in [2.45, 2.75) is 128 Å². The molecule has 8 N–H and O–H groups in total. The molecule has 1 aromatic carbocycles. The monoisotopic (exact) mass is 1130 g/mol. The number of hydrogen-bond donors (Lipinski definition) is 7. The third-order valence-electron chi connectivity index (χ3n) is 13.2. The first-order valence-corrected chi connectivity index (χ1v) is 25.5. The van der Waals surface area contributed by atoms with Crippen LogP contribution in [0.15, 0.2) is 47.0 Å². The van der Waals surface area contributed by atoms with E-state index in [1.807, 2.05) is 0 Å². The third-order valence-corrected chi connectivity index (χ3v) is 14.7. The molecule has 0 unspecified atom stereocenters. The van der Waals surface area contributed by atoms with Gasteiger partial charge in [0, 0.05) is 35.1 Å². The number of nitrogens with two attached hydrogens (primary N) is 1. The number of halogens is 1. The van der Waals surface area contributed by atoms with Gasteiger partial charge in [-0.15, -0.1) is 23.0 Å². The van der Waals surface area contributed by atoms with Gasteiger partial charge in [-0.25, -0.2) is 24.4 Å². The minimum atomic E-state index is -1.65. The first-order valence-electron chi connectivity index (χ1n) is 23.9. The van der Waals surface area contributed by atoms with Crippen molar-refractivity contribution in [1.82, 2.24) is 40.3 Å². The Balaban J connectivity index is 0.000000429. The second-order valence-electron chi connectivity index (χ2n) is 19.8. The Morgan fingerprint density at radius 1 is 1.08 bits per heavy atom. The zero-order valence-corrected chi connectivity index (χ0v) is 46.9. The van der Waals surface area contributed by atoms with Gasteiger partial charge in [-0.05, 0) is 65.6 Å². The quantitative estimate of drug-likeness (QED) is 0.0520. The van der Waals surface area contributed by atoms with Crippen molar-refractivity contribution < 1.29 is 97.7 Å². The minimum Gasteiger partial charge on any atom is -0.548 e. The number of hydrogen-bond acceptors (Lipinski definition) is 19. The molecular formula is C48H60BrN10NaO14S. The number of fused-ring (bicyclic) bond motifs is 1. The van der Waals surface area contributed by atoms with E-state index in [2.05, 4.69) is 53.5 Å². The number of aliphatic hydroxyl groups is 3. The molecule has 4 fully saturated rings. The van der Waals surface area contributed by atoms with E-state index in [0.29, 0.717) is 43.4 Å². The van der Waals surface area contributed by atoms with Crippen molar-refractivity contribution >= 4 is 79.0 Å². The van der Waals surface area contributed by atoms with Crippen LogP contribution >= 0.6 is 27.3 Å². The van der Waals surface area contributed by atoms with Crippen LogP contribution < -0.4 is 65.8 Å². The van der Waals surface area contributed by atoms with Gasteiger partial charge in [0.05, 0.1) is 47.5 Å². The van der Waals surface area contributed by atoms with Crippen molar-refractivity contribution in [3.05, 3.63) is 52.9 Å². The third kappa shape index (κ3) is 13.1. The molecule has 4 aromatic rings. The van der Waals surface area contributed by atoms with Crippen molar-refractivity contribution in [2.24, 2.45) is 23.0 Å². The summed E-state index contributed by atoms with van der Waals surface area (Å²) in [7, 11) is 1.53. The number of nitrogens with one attached hydrogen (secondary N) is 3. The van der Waals surface area contributed by atoms with Crippen molar-refractivity contribution in [3.8, 4) is 22.9 Å². The molecule has 0 spiro atoms. The van der Waals surface area contributed by atoms with Crippen molar-refractivity contribution in [3.63, 3.8) is 0 Å². The van der Waals surface area contributed by atoms with E-state index in [0.717, 1.165) is 36.7 Å². The number of alkyl carbamates (subject to hydrolysis) is 1. The summed E-state index contributed by atoms with van der Waals surface area (Å²) in [5, 5.41) is 55.0. The normalized spacial score (nSPS) is 24.6. The number of aliphatic carboxylic acids is 1. The fraction of sp³-hybridized carbons (Fsp3) is 0.542.